The van der Waals surface area contributed by atoms with Gasteiger partial charge in [-0.1, -0.05) is 57.6 Å². The van der Waals surface area contributed by atoms with Crippen molar-refractivity contribution in [3.05, 3.63) is 12.2 Å². The van der Waals surface area contributed by atoms with Crippen LogP contribution in [0.15, 0.2) is 12.2 Å². The summed E-state index contributed by atoms with van der Waals surface area (Å²) in [5.74, 6) is -0.574. The summed E-state index contributed by atoms with van der Waals surface area (Å²) < 4.78 is 29.5. The molecule has 0 radical (unpaired) electrons. The number of carbonyl (C=O) groups is 1. The van der Waals surface area contributed by atoms with Gasteiger partial charge in [-0.15, -0.1) is 0 Å². The second-order valence-electron chi connectivity index (χ2n) is 6.26. The van der Waals surface area contributed by atoms with Gasteiger partial charge >= 0.3 is 0 Å². The van der Waals surface area contributed by atoms with E-state index in [2.05, 4.69) is 24.4 Å². The molecule has 6 heteroatoms. The van der Waals surface area contributed by atoms with Crippen molar-refractivity contribution >= 4 is 16.0 Å². The van der Waals surface area contributed by atoms with Crippen LogP contribution in [0.3, 0.4) is 0 Å². The van der Waals surface area contributed by atoms with Crippen LogP contribution in [0.25, 0.3) is 0 Å². The average molecular weight is 362 g/mol. The third kappa shape index (κ3) is 19.2. The van der Waals surface area contributed by atoms with Crippen LogP contribution in [0.4, 0.5) is 0 Å². The smallest absolute Gasteiger partial charge is 0.266 e. The Bertz CT molecular complexity index is 432. The minimum Gasteiger partial charge on any atom is -0.355 e. The molecule has 0 aliphatic rings. The fourth-order valence-electron chi connectivity index (χ4n) is 2.41. The lowest BCUT2D eigenvalue weighted by Gasteiger charge is -2.04. The summed E-state index contributed by atoms with van der Waals surface area (Å²) in [5, 5.41) is 2.50. The van der Waals surface area contributed by atoms with Crippen molar-refractivity contribution in [3.63, 3.8) is 0 Å². The Labute approximate surface area is 148 Å². The van der Waals surface area contributed by atoms with E-state index < -0.39 is 15.9 Å². The molecule has 142 valence electrons. The van der Waals surface area contributed by atoms with Crippen molar-refractivity contribution < 1.29 is 17.8 Å². The Morgan fingerprint density at radius 1 is 0.917 bits per heavy atom. The third-order valence-corrected chi connectivity index (χ3v) is 4.57. The fourth-order valence-corrected chi connectivity index (χ4v) is 2.77. The van der Waals surface area contributed by atoms with Crippen LogP contribution in [0, 0.1) is 0 Å². The van der Waals surface area contributed by atoms with Crippen molar-refractivity contribution in [3.8, 4) is 0 Å². The molecular weight excluding hydrogens is 326 g/mol. The van der Waals surface area contributed by atoms with Gasteiger partial charge in [0.2, 0.25) is 5.91 Å². The van der Waals surface area contributed by atoms with Crippen LogP contribution in [-0.4, -0.2) is 31.2 Å². The maximum Gasteiger partial charge on any atom is 0.266 e. The van der Waals surface area contributed by atoms with Crippen molar-refractivity contribution in [1.82, 2.24) is 5.32 Å². The van der Waals surface area contributed by atoms with Gasteiger partial charge in [0.25, 0.3) is 10.1 Å². The van der Waals surface area contributed by atoms with Crippen LogP contribution in [0.5, 0.6) is 0 Å². The quantitative estimate of drug-likeness (QED) is 0.244. The van der Waals surface area contributed by atoms with E-state index in [9.17, 15) is 13.2 Å². The third-order valence-electron chi connectivity index (χ3n) is 3.85. The predicted molar refractivity (Wildman–Crippen MR) is 99.6 cm³/mol. The molecule has 0 aliphatic carbocycles. The average Bonchev–Trinajstić information content (AvgIpc) is 2.50. The summed E-state index contributed by atoms with van der Waals surface area (Å²) in [7, 11) is -3.99. The van der Waals surface area contributed by atoms with Gasteiger partial charge < -0.3 is 5.32 Å². The summed E-state index contributed by atoms with van der Waals surface area (Å²) in [6.45, 7) is 2.20. The van der Waals surface area contributed by atoms with Gasteiger partial charge in [0, 0.05) is 13.0 Å². The van der Waals surface area contributed by atoms with Gasteiger partial charge in [-0.3, -0.25) is 9.35 Å². The number of unbranched alkanes of at least 4 members (excludes halogenated alkanes) is 9. The van der Waals surface area contributed by atoms with Crippen LogP contribution >= 0.6 is 0 Å². The van der Waals surface area contributed by atoms with Gasteiger partial charge in [0.05, 0.1) is 5.75 Å². The molecule has 2 N–H and O–H groups in total. The highest BCUT2D eigenvalue weighted by atomic mass is 32.2. The monoisotopic (exact) mass is 361 g/mol. The van der Waals surface area contributed by atoms with Gasteiger partial charge in [-0.25, -0.2) is 0 Å². The zero-order chi connectivity index (χ0) is 18.1. The predicted octanol–water partition coefficient (Wildman–Crippen LogP) is 4.25. The lowest BCUT2D eigenvalue weighted by Crippen LogP contribution is -2.28. The number of amides is 1. The molecule has 0 aromatic heterocycles. The molecule has 0 spiro atoms. The maximum absolute atomic E-state index is 11.4. The Hall–Kier alpha value is -0.880. The van der Waals surface area contributed by atoms with Crippen molar-refractivity contribution in [2.24, 2.45) is 0 Å². The van der Waals surface area contributed by atoms with Crippen molar-refractivity contribution in [1.29, 1.82) is 0 Å². The molecular formula is C18H35NO4S. The molecule has 0 rings (SSSR count). The van der Waals surface area contributed by atoms with E-state index in [1.54, 1.807) is 0 Å². The molecule has 0 saturated carbocycles. The Morgan fingerprint density at radius 3 is 2.04 bits per heavy atom. The number of rotatable bonds is 16. The molecule has 0 aliphatic heterocycles. The van der Waals surface area contributed by atoms with Crippen LogP contribution in [0.2, 0.25) is 0 Å². The normalized spacial score (nSPS) is 11.9. The number of hydrogen-bond acceptors (Lipinski definition) is 3. The largest absolute Gasteiger partial charge is 0.355 e. The summed E-state index contributed by atoms with van der Waals surface area (Å²) in [6, 6.07) is 0. The number of carbonyl (C=O) groups excluding carboxylic acids is 1. The van der Waals surface area contributed by atoms with Crippen molar-refractivity contribution in [2.75, 3.05) is 12.3 Å². The second-order valence-corrected chi connectivity index (χ2v) is 7.84. The maximum atomic E-state index is 11.4. The van der Waals surface area contributed by atoms with E-state index in [1.807, 2.05) is 0 Å². The molecule has 24 heavy (non-hydrogen) atoms. The highest BCUT2D eigenvalue weighted by molar-refractivity contribution is 7.85. The first-order valence-electron chi connectivity index (χ1n) is 9.32. The molecule has 0 unspecified atom stereocenters. The molecule has 1 amide bonds. The van der Waals surface area contributed by atoms with Gasteiger partial charge in [-0.05, 0) is 32.1 Å². The lowest BCUT2D eigenvalue weighted by molar-refractivity contribution is -0.121. The molecule has 0 atom stereocenters. The number of hydrogen-bond donors (Lipinski definition) is 2. The van der Waals surface area contributed by atoms with Crippen molar-refractivity contribution in [2.45, 2.75) is 84.0 Å². The summed E-state index contributed by atoms with van der Waals surface area (Å²) >= 11 is 0. The summed E-state index contributed by atoms with van der Waals surface area (Å²) in [5.41, 5.74) is 0. The van der Waals surface area contributed by atoms with Gasteiger partial charge in [0.1, 0.15) is 0 Å². The molecule has 0 fully saturated rings. The minimum absolute atomic E-state index is 0.0254. The minimum atomic E-state index is -3.99. The fraction of sp³-hybridized carbons (Fsp3) is 0.833. The first kappa shape index (κ1) is 23.1. The zero-order valence-electron chi connectivity index (χ0n) is 15.1. The first-order valence-corrected chi connectivity index (χ1v) is 10.9. The number of allylic oxidation sites excluding steroid dienone is 2. The SMILES string of the molecule is CCCCCC/C=C\CCCCCCCC(=O)NCCS(=O)(=O)O. The van der Waals surface area contributed by atoms with E-state index in [-0.39, 0.29) is 12.5 Å². The van der Waals surface area contributed by atoms with Crippen LogP contribution < -0.4 is 5.32 Å². The Balaban J connectivity index is 3.30. The number of nitrogens with one attached hydrogen (secondary N) is 1. The zero-order valence-corrected chi connectivity index (χ0v) is 16.0. The van der Waals surface area contributed by atoms with E-state index >= 15 is 0 Å². The highest BCUT2D eigenvalue weighted by Crippen LogP contribution is 2.08. The topological polar surface area (TPSA) is 83.5 Å². The highest BCUT2D eigenvalue weighted by Gasteiger charge is 2.06. The van der Waals surface area contributed by atoms with E-state index in [0.29, 0.717) is 6.42 Å². The molecule has 5 nitrogen and oxygen atoms in total. The first-order chi connectivity index (χ1) is 11.5. The van der Waals surface area contributed by atoms with Gasteiger partial charge in [-0.2, -0.15) is 8.42 Å². The van der Waals surface area contributed by atoms with E-state index in [0.717, 1.165) is 25.7 Å². The van der Waals surface area contributed by atoms with E-state index in [1.165, 1.54) is 44.9 Å². The Kier molecular flexibility index (Phi) is 15.1. The Morgan fingerprint density at radius 2 is 1.46 bits per heavy atom. The molecule has 0 saturated heterocycles. The van der Waals surface area contributed by atoms with Crippen LogP contribution in [-0.2, 0) is 14.9 Å². The second kappa shape index (κ2) is 15.6. The molecule has 0 heterocycles. The molecule has 0 aromatic carbocycles. The van der Waals surface area contributed by atoms with E-state index in [4.69, 9.17) is 4.55 Å². The summed E-state index contributed by atoms with van der Waals surface area (Å²) in [4.78, 5) is 11.4. The summed E-state index contributed by atoms with van der Waals surface area (Å²) in [6.07, 6.45) is 18.0. The molecule has 0 bridgehead atoms. The molecule has 0 aromatic rings. The van der Waals surface area contributed by atoms with Crippen LogP contribution in [0.1, 0.15) is 84.0 Å². The lowest BCUT2D eigenvalue weighted by atomic mass is 10.1. The van der Waals surface area contributed by atoms with Gasteiger partial charge in [0.15, 0.2) is 0 Å². The standard InChI is InChI=1S/C18H35NO4S/c1-2-3-4-5-6-7-8-9-10-11-12-13-14-15-18(20)19-16-17-24(21,22)23/h7-8H,2-6,9-17H2,1H3,(H,19,20)(H,21,22,23)/b8-7-.